The first kappa shape index (κ1) is 26.9. The second-order valence-corrected chi connectivity index (χ2v) is 8.80. The number of aryl methyl sites for hydroxylation is 2. The Labute approximate surface area is 227 Å². The Morgan fingerprint density at radius 2 is 1.79 bits per heavy atom. The summed E-state index contributed by atoms with van der Waals surface area (Å²) in [4.78, 5) is 13.7. The molecule has 2 aromatic heterocycles. The van der Waals surface area contributed by atoms with Crippen molar-refractivity contribution >= 4 is 28.7 Å². The number of hydrogen-bond acceptors (Lipinski definition) is 5. The number of hydrogen-bond donors (Lipinski definition) is 1. The van der Waals surface area contributed by atoms with Crippen molar-refractivity contribution in [1.82, 2.24) is 19.3 Å². The van der Waals surface area contributed by atoms with Crippen molar-refractivity contribution in [2.75, 3.05) is 6.61 Å². The molecule has 2 heterocycles. The number of ether oxygens (including phenoxy) is 1. The average Bonchev–Trinajstić information content (AvgIpc) is 3.50. The Morgan fingerprint density at radius 3 is 2.44 bits per heavy atom. The van der Waals surface area contributed by atoms with E-state index >= 15 is 0 Å². The number of para-hydroxylation sites is 3. The molecule has 0 atom stereocenters. The molecule has 0 aliphatic heterocycles. The topological polar surface area (TPSA) is 106 Å². The molecule has 0 amide bonds. The first-order valence-corrected chi connectivity index (χ1v) is 12.4. The fourth-order valence-electron chi connectivity index (χ4n) is 4.23. The van der Waals surface area contributed by atoms with Crippen molar-refractivity contribution in [3.8, 4) is 28.8 Å². The fourth-order valence-corrected chi connectivity index (χ4v) is 4.23. The van der Waals surface area contributed by atoms with Gasteiger partial charge in [-0.1, -0.05) is 30.3 Å². The summed E-state index contributed by atoms with van der Waals surface area (Å²) in [5.74, 6) is 0.642. The molecule has 0 saturated carbocycles. The van der Waals surface area contributed by atoms with Crippen LogP contribution in [0, 0.1) is 18.3 Å². The van der Waals surface area contributed by atoms with Crippen LogP contribution in [0.1, 0.15) is 30.8 Å². The van der Waals surface area contributed by atoms with Gasteiger partial charge in [-0.25, -0.2) is 9.67 Å². The van der Waals surface area contributed by atoms with E-state index in [4.69, 9.17) is 24.7 Å². The summed E-state index contributed by atoms with van der Waals surface area (Å²) in [5.41, 5.74) is 6.85. The van der Waals surface area contributed by atoms with Gasteiger partial charge in [-0.05, 0) is 68.0 Å². The van der Waals surface area contributed by atoms with Gasteiger partial charge in [0.05, 0.1) is 28.9 Å². The van der Waals surface area contributed by atoms with E-state index in [9.17, 15) is 5.26 Å². The van der Waals surface area contributed by atoms with E-state index in [0.29, 0.717) is 18.0 Å². The Morgan fingerprint density at radius 1 is 1.10 bits per heavy atom. The molecule has 0 aliphatic carbocycles. The maximum atomic E-state index is 10.1. The lowest BCUT2D eigenvalue weighted by Crippen LogP contribution is -1.96. The number of rotatable bonds is 6. The molecule has 5 aromatic rings. The van der Waals surface area contributed by atoms with Crippen LogP contribution in [0.2, 0.25) is 0 Å². The molecule has 0 spiro atoms. The van der Waals surface area contributed by atoms with Crippen LogP contribution in [0.3, 0.4) is 0 Å². The molecule has 5 rings (SSSR count). The van der Waals surface area contributed by atoms with E-state index in [1.54, 1.807) is 0 Å². The molecule has 8 nitrogen and oxygen atoms in total. The molecular weight excluding hydrogens is 490 g/mol. The van der Waals surface area contributed by atoms with Crippen LogP contribution in [0.4, 0.5) is 0 Å². The van der Waals surface area contributed by atoms with Crippen molar-refractivity contribution < 1.29 is 14.6 Å². The Bertz CT molecular complexity index is 1690. The highest BCUT2D eigenvalue weighted by atomic mass is 16.5. The standard InChI is InChI=1S/C29H25N5O.C2H4O2/c1-4-35-27-15-14-21(16-20(27)2)28-23(19-34(32-28)24-10-6-5-7-11-24)17-22(18-30)29-31-25-12-8-9-13-26(25)33(29)3;1-2(3)4/h5-17,19H,4H2,1-3H3;1H3,(H,3,4)/b22-17-;. The van der Waals surface area contributed by atoms with Gasteiger partial charge in [0.2, 0.25) is 0 Å². The van der Waals surface area contributed by atoms with Crippen molar-refractivity contribution in [3.63, 3.8) is 0 Å². The molecule has 8 heteroatoms. The normalized spacial score (nSPS) is 11.0. The number of carboxylic acid groups (broad SMARTS) is 1. The minimum Gasteiger partial charge on any atom is -0.494 e. The number of nitrogens with zero attached hydrogens (tertiary/aromatic N) is 5. The van der Waals surface area contributed by atoms with Gasteiger partial charge in [0.15, 0.2) is 5.82 Å². The Kier molecular flexibility index (Phi) is 8.22. The summed E-state index contributed by atoms with van der Waals surface area (Å²) in [5, 5.41) is 22.4. The molecule has 3 aromatic carbocycles. The predicted molar refractivity (Wildman–Crippen MR) is 152 cm³/mol. The average molecular weight is 520 g/mol. The van der Waals surface area contributed by atoms with E-state index in [2.05, 4.69) is 12.1 Å². The number of imidazole rings is 1. The van der Waals surface area contributed by atoms with E-state index in [0.717, 1.165) is 51.8 Å². The summed E-state index contributed by atoms with van der Waals surface area (Å²) in [6, 6.07) is 26.2. The predicted octanol–water partition coefficient (Wildman–Crippen LogP) is 6.29. The first-order chi connectivity index (χ1) is 18.8. The lowest BCUT2D eigenvalue weighted by atomic mass is 10.0. The number of carboxylic acids is 1. The van der Waals surface area contributed by atoms with Crippen molar-refractivity contribution in [1.29, 1.82) is 5.26 Å². The smallest absolute Gasteiger partial charge is 0.300 e. The monoisotopic (exact) mass is 519 g/mol. The minimum absolute atomic E-state index is 0.472. The fraction of sp³-hybridized carbons (Fsp3) is 0.161. The largest absolute Gasteiger partial charge is 0.494 e. The zero-order valence-corrected chi connectivity index (χ0v) is 22.3. The molecule has 0 saturated heterocycles. The molecule has 0 fully saturated rings. The third-order valence-corrected chi connectivity index (χ3v) is 5.96. The molecule has 196 valence electrons. The third-order valence-electron chi connectivity index (χ3n) is 5.96. The summed E-state index contributed by atoms with van der Waals surface area (Å²) in [6.45, 7) is 5.70. The number of carbonyl (C=O) groups is 1. The van der Waals surface area contributed by atoms with Gasteiger partial charge >= 0.3 is 0 Å². The highest BCUT2D eigenvalue weighted by molar-refractivity contribution is 5.93. The number of benzene rings is 3. The van der Waals surface area contributed by atoms with E-state index in [-0.39, 0.29) is 0 Å². The highest BCUT2D eigenvalue weighted by Crippen LogP contribution is 2.31. The van der Waals surface area contributed by atoms with Crippen molar-refractivity contribution in [3.05, 3.63) is 95.9 Å². The maximum absolute atomic E-state index is 10.1. The van der Waals surface area contributed by atoms with Crippen molar-refractivity contribution in [2.24, 2.45) is 7.05 Å². The summed E-state index contributed by atoms with van der Waals surface area (Å²) >= 11 is 0. The van der Waals surface area contributed by atoms with Gasteiger partial charge in [-0.15, -0.1) is 0 Å². The lowest BCUT2D eigenvalue weighted by molar-refractivity contribution is -0.134. The van der Waals surface area contributed by atoms with Crippen LogP contribution in [-0.2, 0) is 11.8 Å². The second-order valence-electron chi connectivity index (χ2n) is 8.80. The second kappa shape index (κ2) is 11.9. The molecule has 0 unspecified atom stereocenters. The van der Waals surface area contributed by atoms with E-state index in [1.807, 2.05) is 109 Å². The van der Waals surface area contributed by atoms with Crippen LogP contribution in [0.15, 0.2) is 79.0 Å². The maximum Gasteiger partial charge on any atom is 0.300 e. The zero-order chi connectivity index (χ0) is 27.9. The number of fused-ring (bicyclic) bond motifs is 1. The van der Waals surface area contributed by atoms with Gasteiger partial charge in [0, 0.05) is 31.3 Å². The number of allylic oxidation sites excluding steroid dienone is 1. The quantitative estimate of drug-likeness (QED) is 0.264. The van der Waals surface area contributed by atoms with Crippen molar-refractivity contribution in [2.45, 2.75) is 20.8 Å². The summed E-state index contributed by atoms with van der Waals surface area (Å²) < 4.78 is 9.52. The Hall–Kier alpha value is -5.16. The summed E-state index contributed by atoms with van der Waals surface area (Å²) in [7, 11) is 1.93. The van der Waals surface area contributed by atoms with Crippen LogP contribution in [0.25, 0.3) is 39.6 Å². The molecule has 0 bridgehead atoms. The SMILES string of the molecule is CC(=O)O.CCOc1ccc(-c2nn(-c3ccccc3)cc2/C=C(/C#N)c2nc3ccccc3n2C)cc1C. The lowest BCUT2D eigenvalue weighted by Gasteiger charge is -2.08. The van der Waals surface area contributed by atoms with Crippen LogP contribution in [0.5, 0.6) is 5.75 Å². The van der Waals surface area contributed by atoms with Gasteiger partial charge in [0.1, 0.15) is 17.5 Å². The van der Waals surface area contributed by atoms with E-state index in [1.165, 1.54) is 0 Å². The Balaban J connectivity index is 0.000000826. The number of aromatic nitrogens is 4. The minimum atomic E-state index is -0.833. The van der Waals surface area contributed by atoms with Crippen LogP contribution >= 0.6 is 0 Å². The van der Waals surface area contributed by atoms with E-state index < -0.39 is 5.97 Å². The number of aliphatic carboxylic acids is 1. The first-order valence-electron chi connectivity index (χ1n) is 12.4. The zero-order valence-electron chi connectivity index (χ0n) is 22.3. The van der Waals surface area contributed by atoms with Gasteiger partial charge < -0.3 is 14.4 Å². The third kappa shape index (κ3) is 6.05. The highest BCUT2D eigenvalue weighted by Gasteiger charge is 2.17. The molecule has 0 aliphatic rings. The summed E-state index contributed by atoms with van der Waals surface area (Å²) in [6.07, 6.45) is 3.82. The van der Waals surface area contributed by atoms with Gasteiger partial charge in [-0.3, -0.25) is 4.79 Å². The van der Waals surface area contributed by atoms with Crippen LogP contribution < -0.4 is 4.74 Å². The molecule has 1 N–H and O–H groups in total. The van der Waals surface area contributed by atoms with Crippen LogP contribution in [-0.4, -0.2) is 37.0 Å². The molecule has 39 heavy (non-hydrogen) atoms. The molecule has 0 radical (unpaired) electrons. The van der Waals surface area contributed by atoms with Gasteiger partial charge in [-0.2, -0.15) is 10.4 Å². The number of nitriles is 1. The van der Waals surface area contributed by atoms with Gasteiger partial charge in [0.25, 0.3) is 5.97 Å². The molecular formula is C31H29N5O3.